The standard InChI is InChI=1S/C9H9ClN2O5/c1-15-8(13)12(17-9(14)16-2)6-4-3-5-11-7(6)10/h3-5H,1-2H3. The number of hydrogen-bond acceptors (Lipinski definition) is 6. The van der Waals surface area contributed by atoms with Crippen LogP contribution in [0.15, 0.2) is 18.3 Å². The summed E-state index contributed by atoms with van der Waals surface area (Å²) >= 11 is 5.75. The average molecular weight is 261 g/mol. The van der Waals surface area contributed by atoms with Crippen molar-refractivity contribution in [1.82, 2.24) is 4.98 Å². The van der Waals surface area contributed by atoms with E-state index in [0.29, 0.717) is 5.06 Å². The molecular weight excluding hydrogens is 252 g/mol. The number of pyridine rings is 1. The van der Waals surface area contributed by atoms with Crippen molar-refractivity contribution in [3.05, 3.63) is 23.5 Å². The van der Waals surface area contributed by atoms with Crippen LogP contribution in [0.1, 0.15) is 0 Å². The van der Waals surface area contributed by atoms with Gasteiger partial charge in [-0.1, -0.05) is 16.7 Å². The number of carbonyl (C=O) groups excluding carboxylic acids is 2. The topological polar surface area (TPSA) is 78.0 Å². The Labute approximate surface area is 102 Å². The van der Waals surface area contributed by atoms with Crippen molar-refractivity contribution in [3.8, 4) is 0 Å². The quantitative estimate of drug-likeness (QED) is 0.437. The first-order valence-electron chi connectivity index (χ1n) is 4.34. The smallest absolute Gasteiger partial charge is 0.450 e. The molecule has 0 fully saturated rings. The summed E-state index contributed by atoms with van der Waals surface area (Å²) in [6.07, 6.45) is -0.611. The molecule has 0 aromatic carbocycles. The molecule has 0 N–H and O–H groups in total. The fourth-order valence-electron chi connectivity index (χ4n) is 0.909. The summed E-state index contributed by atoms with van der Waals surface area (Å²) in [4.78, 5) is 30.7. The maximum atomic E-state index is 11.4. The Hall–Kier alpha value is -2.02. The van der Waals surface area contributed by atoms with E-state index in [-0.39, 0.29) is 10.8 Å². The predicted molar refractivity (Wildman–Crippen MR) is 57.6 cm³/mol. The van der Waals surface area contributed by atoms with E-state index in [1.165, 1.54) is 18.3 Å². The van der Waals surface area contributed by atoms with E-state index in [0.717, 1.165) is 14.2 Å². The molecule has 0 aliphatic heterocycles. The fraction of sp³-hybridized carbons (Fsp3) is 0.222. The van der Waals surface area contributed by atoms with Crippen molar-refractivity contribution >= 4 is 29.5 Å². The highest BCUT2D eigenvalue weighted by atomic mass is 35.5. The summed E-state index contributed by atoms with van der Waals surface area (Å²) in [5.74, 6) is 0. The molecule has 0 saturated carbocycles. The van der Waals surface area contributed by atoms with Gasteiger partial charge < -0.3 is 9.47 Å². The predicted octanol–water partition coefficient (Wildman–Crippen LogP) is 2.01. The second kappa shape index (κ2) is 5.90. The molecule has 7 nitrogen and oxygen atoms in total. The molecule has 1 aromatic heterocycles. The zero-order valence-electron chi connectivity index (χ0n) is 9.05. The lowest BCUT2D eigenvalue weighted by Crippen LogP contribution is -2.33. The SMILES string of the molecule is COC(=O)ON(C(=O)OC)c1cccnc1Cl. The van der Waals surface area contributed by atoms with E-state index < -0.39 is 12.2 Å². The molecule has 0 aliphatic carbocycles. The van der Waals surface area contributed by atoms with Gasteiger partial charge in [0.2, 0.25) is 0 Å². The number of amides is 1. The van der Waals surface area contributed by atoms with Crippen LogP contribution in [0.3, 0.4) is 0 Å². The minimum atomic E-state index is -1.09. The van der Waals surface area contributed by atoms with Gasteiger partial charge in [0.1, 0.15) is 5.69 Å². The maximum Gasteiger partial charge on any atom is 0.533 e. The molecule has 0 spiro atoms. The van der Waals surface area contributed by atoms with Gasteiger partial charge in [0.25, 0.3) is 0 Å². The molecule has 1 rings (SSSR count). The van der Waals surface area contributed by atoms with Crippen molar-refractivity contribution in [2.24, 2.45) is 0 Å². The van der Waals surface area contributed by atoms with Gasteiger partial charge >= 0.3 is 12.2 Å². The number of methoxy groups -OCH3 is 2. The van der Waals surface area contributed by atoms with E-state index in [1.807, 2.05) is 0 Å². The zero-order chi connectivity index (χ0) is 12.8. The summed E-state index contributed by atoms with van der Waals surface area (Å²) in [6.45, 7) is 0. The van der Waals surface area contributed by atoms with Crippen LogP contribution in [0.2, 0.25) is 5.15 Å². The Morgan fingerprint density at radius 1 is 1.35 bits per heavy atom. The monoisotopic (exact) mass is 260 g/mol. The summed E-state index contributed by atoms with van der Waals surface area (Å²) in [5.41, 5.74) is 0.0615. The molecule has 0 saturated heterocycles. The molecule has 0 aliphatic rings. The minimum absolute atomic E-state index is 0.0261. The van der Waals surface area contributed by atoms with E-state index >= 15 is 0 Å². The van der Waals surface area contributed by atoms with Gasteiger partial charge in [-0.2, -0.15) is 0 Å². The van der Waals surface area contributed by atoms with Gasteiger partial charge in [0, 0.05) is 6.20 Å². The van der Waals surface area contributed by atoms with Crippen LogP contribution in [0.4, 0.5) is 15.3 Å². The number of nitrogens with zero attached hydrogens (tertiary/aromatic N) is 2. The minimum Gasteiger partial charge on any atom is -0.450 e. The van der Waals surface area contributed by atoms with E-state index in [4.69, 9.17) is 11.6 Å². The van der Waals surface area contributed by atoms with Crippen LogP contribution in [-0.4, -0.2) is 31.5 Å². The number of anilines is 1. The van der Waals surface area contributed by atoms with Crippen LogP contribution in [-0.2, 0) is 14.3 Å². The highest BCUT2D eigenvalue weighted by Gasteiger charge is 2.24. The highest BCUT2D eigenvalue weighted by molar-refractivity contribution is 6.32. The average Bonchev–Trinajstić information content (AvgIpc) is 2.35. The largest absolute Gasteiger partial charge is 0.533 e. The van der Waals surface area contributed by atoms with Gasteiger partial charge in [0.05, 0.1) is 14.2 Å². The first-order chi connectivity index (χ1) is 8.10. The second-order valence-corrected chi connectivity index (χ2v) is 2.98. The maximum absolute atomic E-state index is 11.4. The second-order valence-electron chi connectivity index (χ2n) is 2.62. The highest BCUT2D eigenvalue weighted by Crippen LogP contribution is 2.23. The molecule has 8 heteroatoms. The Kier molecular flexibility index (Phi) is 4.53. The van der Waals surface area contributed by atoms with Crippen LogP contribution < -0.4 is 5.06 Å². The van der Waals surface area contributed by atoms with Gasteiger partial charge in [-0.15, -0.1) is 0 Å². The molecule has 1 aromatic rings. The Bertz CT molecular complexity index is 426. The number of halogens is 1. The molecule has 0 atom stereocenters. The lowest BCUT2D eigenvalue weighted by Gasteiger charge is -2.18. The molecule has 1 amide bonds. The number of hydroxylamine groups is 1. The van der Waals surface area contributed by atoms with Crippen molar-refractivity contribution < 1.29 is 23.9 Å². The molecule has 1 heterocycles. The molecule has 0 unspecified atom stereocenters. The number of aromatic nitrogens is 1. The van der Waals surface area contributed by atoms with E-state index in [9.17, 15) is 9.59 Å². The number of rotatable bonds is 1. The molecule has 92 valence electrons. The summed E-state index contributed by atoms with van der Waals surface area (Å²) in [5, 5.41) is 0.517. The summed E-state index contributed by atoms with van der Waals surface area (Å²) in [6, 6.07) is 2.94. The number of ether oxygens (including phenoxy) is 2. The van der Waals surface area contributed by atoms with Crippen molar-refractivity contribution in [2.45, 2.75) is 0 Å². The van der Waals surface area contributed by atoms with Crippen LogP contribution in [0.5, 0.6) is 0 Å². The van der Waals surface area contributed by atoms with E-state index in [2.05, 4.69) is 19.3 Å². The third-order valence-corrected chi connectivity index (χ3v) is 1.92. The lowest BCUT2D eigenvalue weighted by atomic mass is 10.4. The van der Waals surface area contributed by atoms with Crippen molar-refractivity contribution in [2.75, 3.05) is 19.3 Å². The van der Waals surface area contributed by atoms with Gasteiger partial charge in [-0.25, -0.2) is 14.6 Å². The van der Waals surface area contributed by atoms with Crippen LogP contribution in [0.25, 0.3) is 0 Å². The summed E-state index contributed by atoms with van der Waals surface area (Å²) < 4.78 is 8.70. The van der Waals surface area contributed by atoms with Crippen LogP contribution in [0, 0.1) is 0 Å². The third kappa shape index (κ3) is 3.22. The van der Waals surface area contributed by atoms with Crippen molar-refractivity contribution in [1.29, 1.82) is 0 Å². The number of hydrogen-bond donors (Lipinski definition) is 0. The third-order valence-electron chi connectivity index (χ3n) is 1.63. The number of carbonyl (C=O) groups is 2. The fourth-order valence-corrected chi connectivity index (χ4v) is 1.10. The van der Waals surface area contributed by atoms with E-state index in [1.54, 1.807) is 0 Å². The first kappa shape index (κ1) is 13.0. The van der Waals surface area contributed by atoms with Gasteiger partial charge in [-0.3, -0.25) is 4.84 Å². The Morgan fingerprint density at radius 3 is 2.59 bits per heavy atom. The molecule has 0 radical (unpaired) electrons. The lowest BCUT2D eigenvalue weighted by molar-refractivity contribution is 0.0572. The zero-order valence-corrected chi connectivity index (χ0v) is 9.80. The first-order valence-corrected chi connectivity index (χ1v) is 4.72. The Balaban J connectivity index is 3.02. The normalized spacial score (nSPS) is 9.35. The Morgan fingerprint density at radius 2 is 2.06 bits per heavy atom. The molecule has 0 bridgehead atoms. The summed E-state index contributed by atoms with van der Waals surface area (Å²) in [7, 11) is 2.23. The molecule has 17 heavy (non-hydrogen) atoms. The molecular formula is C9H9ClN2O5. The van der Waals surface area contributed by atoms with Gasteiger partial charge in [-0.05, 0) is 12.1 Å². The van der Waals surface area contributed by atoms with Crippen LogP contribution >= 0.6 is 11.6 Å². The van der Waals surface area contributed by atoms with Gasteiger partial charge in [0.15, 0.2) is 5.15 Å². The van der Waals surface area contributed by atoms with Crippen molar-refractivity contribution in [3.63, 3.8) is 0 Å².